The summed E-state index contributed by atoms with van der Waals surface area (Å²) in [5.74, 6) is -3.09. The van der Waals surface area contributed by atoms with Crippen LogP contribution in [0, 0.1) is 12.7 Å². The Labute approximate surface area is 204 Å². The molecule has 1 aliphatic heterocycles. The predicted octanol–water partition coefficient (Wildman–Crippen LogP) is 4.10. The number of ketones is 1. The van der Waals surface area contributed by atoms with Crippen molar-refractivity contribution in [3.63, 3.8) is 0 Å². The molecule has 1 unspecified atom stereocenters. The van der Waals surface area contributed by atoms with E-state index in [4.69, 9.17) is 14.6 Å². The number of carbonyl (C=O) groups excluding carboxylic acids is 2. The number of aliphatic carboxylic acids is 1. The van der Waals surface area contributed by atoms with Crippen LogP contribution in [0.2, 0.25) is 0 Å². The molecule has 0 radical (unpaired) electrons. The number of carbonyl (C=O) groups is 3. The van der Waals surface area contributed by atoms with Gasteiger partial charge < -0.3 is 14.9 Å². The van der Waals surface area contributed by atoms with Gasteiger partial charge in [0.1, 0.15) is 28.4 Å². The number of aryl methyl sites for hydroxylation is 1. The summed E-state index contributed by atoms with van der Waals surface area (Å²) in [6, 6.07) is 11.0. The Kier molecular flexibility index (Phi) is 7.92. The molecule has 2 N–H and O–H groups in total. The largest absolute Gasteiger partial charge is 0.507 e. The van der Waals surface area contributed by atoms with Crippen molar-refractivity contribution >= 4 is 39.9 Å². The van der Waals surface area contributed by atoms with Crippen LogP contribution >= 0.6 is 11.3 Å². The van der Waals surface area contributed by atoms with Gasteiger partial charge in [-0.3, -0.25) is 19.3 Å². The number of rotatable bonds is 5. The van der Waals surface area contributed by atoms with Crippen molar-refractivity contribution in [2.45, 2.75) is 26.8 Å². The Balaban J connectivity index is 0.000000795. The lowest BCUT2D eigenvalue weighted by molar-refractivity contribution is -0.134. The van der Waals surface area contributed by atoms with E-state index in [2.05, 4.69) is 10.2 Å². The van der Waals surface area contributed by atoms with Crippen molar-refractivity contribution in [1.29, 1.82) is 0 Å². The zero-order valence-electron chi connectivity index (χ0n) is 19.1. The Morgan fingerprint density at radius 2 is 1.74 bits per heavy atom. The van der Waals surface area contributed by atoms with Crippen LogP contribution in [-0.4, -0.2) is 44.7 Å². The standard InChI is InChI=1S/C22H18FN3O4S.C2H4O2/c1-3-30-14-10-8-13(9-11-14)19(27)17-18(15-6-4-5-7-16(15)23)26(21(29)20(17)28)22-25-24-12(2)31-22;1-2(3)4/h4-11,18,27H,3H2,1-2H3;1H3,(H,3,4). The van der Waals surface area contributed by atoms with Crippen molar-refractivity contribution in [3.8, 4) is 5.75 Å². The number of nitrogens with zero attached hydrogens (tertiary/aromatic N) is 3. The first-order chi connectivity index (χ1) is 16.6. The number of halogens is 1. The lowest BCUT2D eigenvalue weighted by Gasteiger charge is -2.22. The highest BCUT2D eigenvalue weighted by molar-refractivity contribution is 7.15. The molecule has 35 heavy (non-hydrogen) atoms. The van der Waals surface area contributed by atoms with Gasteiger partial charge in [0.05, 0.1) is 12.2 Å². The quantitative estimate of drug-likeness (QED) is 0.305. The summed E-state index contributed by atoms with van der Waals surface area (Å²) in [4.78, 5) is 36.0. The van der Waals surface area contributed by atoms with Crippen LogP contribution in [-0.2, 0) is 14.4 Å². The van der Waals surface area contributed by atoms with Crippen LogP contribution in [0.5, 0.6) is 5.75 Å². The minimum absolute atomic E-state index is 0.0713. The van der Waals surface area contributed by atoms with Gasteiger partial charge in [-0.1, -0.05) is 29.5 Å². The summed E-state index contributed by atoms with van der Waals surface area (Å²) >= 11 is 1.10. The lowest BCUT2D eigenvalue weighted by atomic mass is 9.95. The van der Waals surface area contributed by atoms with Gasteiger partial charge >= 0.3 is 5.91 Å². The summed E-state index contributed by atoms with van der Waals surface area (Å²) < 4.78 is 20.2. The third-order valence-corrected chi connectivity index (χ3v) is 5.64. The van der Waals surface area contributed by atoms with Crippen molar-refractivity contribution in [1.82, 2.24) is 10.2 Å². The normalized spacial score (nSPS) is 16.6. The van der Waals surface area contributed by atoms with E-state index in [1.807, 2.05) is 6.92 Å². The van der Waals surface area contributed by atoms with Crippen LogP contribution in [0.15, 0.2) is 54.1 Å². The van der Waals surface area contributed by atoms with Crippen LogP contribution in [0.4, 0.5) is 9.52 Å². The highest BCUT2D eigenvalue weighted by Gasteiger charge is 2.49. The SMILES string of the molecule is CC(=O)O.CCOc1ccc(C(O)=C2C(=O)C(=O)N(c3nnc(C)s3)C2c2ccccc2F)cc1. The number of ether oxygens (including phenoxy) is 1. The molecule has 4 rings (SSSR count). The first-order valence-electron chi connectivity index (χ1n) is 10.4. The Morgan fingerprint density at radius 3 is 2.29 bits per heavy atom. The zero-order valence-corrected chi connectivity index (χ0v) is 19.9. The van der Waals surface area contributed by atoms with Crippen LogP contribution in [0.3, 0.4) is 0 Å². The van der Waals surface area contributed by atoms with Gasteiger partial charge in [-0.15, -0.1) is 10.2 Å². The first-order valence-corrected chi connectivity index (χ1v) is 11.3. The maximum Gasteiger partial charge on any atom is 0.301 e. The van der Waals surface area contributed by atoms with E-state index in [9.17, 15) is 19.1 Å². The molecular formula is C24H22FN3O6S. The van der Waals surface area contributed by atoms with E-state index < -0.39 is 35.3 Å². The number of aliphatic hydroxyl groups is 1. The van der Waals surface area contributed by atoms with Gasteiger partial charge in [-0.05, 0) is 44.2 Å². The molecule has 1 fully saturated rings. The number of Topliss-reactive ketones (excluding diaryl/α,β-unsaturated/α-hetero) is 1. The molecule has 0 bridgehead atoms. The van der Waals surface area contributed by atoms with E-state index >= 15 is 0 Å². The molecule has 1 saturated heterocycles. The van der Waals surface area contributed by atoms with Gasteiger partial charge in [0, 0.05) is 18.1 Å². The minimum Gasteiger partial charge on any atom is -0.507 e. The number of amides is 1. The number of aromatic nitrogens is 2. The first kappa shape index (κ1) is 25.5. The summed E-state index contributed by atoms with van der Waals surface area (Å²) in [5.41, 5.74) is 0.158. The third kappa shape index (κ3) is 5.52. The average Bonchev–Trinajstić information content (AvgIpc) is 3.34. The molecule has 1 aromatic heterocycles. The van der Waals surface area contributed by atoms with E-state index in [0.29, 0.717) is 22.9 Å². The maximum atomic E-state index is 14.8. The molecule has 11 heteroatoms. The molecule has 1 atom stereocenters. The molecule has 2 aromatic carbocycles. The lowest BCUT2D eigenvalue weighted by Crippen LogP contribution is -2.29. The average molecular weight is 500 g/mol. The fourth-order valence-corrected chi connectivity index (χ4v) is 4.15. The molecular weight excluding hydrogens is 477 g/mol. The van der Waals surface area contributed by atoms with Gasteiger partial charge in [0.15, 0.2) is 0 Å². The van der Waals surface area contributed by atoms with E-state index in [1.165, 1.54) is 18.2 Å². The molecule has 0 spiro atoms. The van der Waals surface area contributed by atoms with Crippen molar-refractivity contribution in [2.75, 3.05) is 11.5 Å². The Morgan fingerprint density at radius 1 is 1.11 bits per heavy atom. The molecule has 182 valence electrons. The fourth-order valence-electron chi connectivity index (χ4n) is 3.44. The molecule has 2 heterocycles. The summed E-state index contributed by atoms with van der Waals surface area (Å²) in [6.45, 7) is 5.11. The summed E-state index contributed by atoms with van der Waals surface area (Å²) in [5, 5.41) is 27.0. The van der Waals surface area contributed by atoms with Crippen LogP contribution in [0.25, 0.3) is 5.76 Å². The minimum atomic E-state index is -1.18. The van der Waals surface area contributed by atoms with Crippen LogP contribution in [0.1, 0.15) is 36.0 Å². The second-order valence-corrected chi connectivity index (χ2v) is 8.43. The summed E-state index contributed by atoms with van der Waals surface area (Å²) in [7, 11) is 0. The molecule has 3 aromatic rings. The third-order valence-electron chi connectivity index (χ3n) is 4.80. The number of aliphatic hydroxyl groups excluding tert-OH is 1. The Hall–Kier alpha value is -4.12. The number of carboxylic acid groups (broad SMARTS) is 1. The highest BCUT2D eigenvalue weighted by atomic mass is 32.1. The monoisotopic (exact) mass is 499 g/mol. The molecule has 0 aliphatic carbocycles. The highest BCUT2D eigenvalue weighted by Crippen LogP contribution is 2.43. The molecule has 1 aliphatic rings. The van der Waals surface area contributed by atoms with Crippen molar-refractivity contribution in [3.05, 3.63) is 76.1 Å². The molecule has 9 nitrogen and oxygen atoms in total. The van der Waals surface area contributed by atoms with E-state index in [1.54, 1.807) is 37.3 Å². The second kappa shape index (κ2) is 10.9. The fraction of sp³-hybridized carbons (Fsp3) is 0.208. The number of hydrogen-bond donors (Lipinski definition) is 2. The molecule has 1 amide bonds. The smallest absolute Gasteiger partial charge is 0.301 e. The van der Waals surface area contributed by atoms with Crippen molar-refractivity contribution in [2.24, 2.45) is 0 Å². The van der Waals surface area contributed by atoms with E-state index in [-0.39, 0.29) is 16.3 Å². The number of hydrogen-bond acceptors (Lipinski definition) is 8. The summed E-state index contributed by atoms with van der Waals surface area (Å²) in [6.07, 6.45) is 0. The zero-order chi connectivity index (χ0) is 25.7. The number of anilines is 1. The van der Waals surface area contributed by atoms with Gasteiger partial charge in [-0.2, -0.15) is 0 Å². The van der Waals surface area contributed by atoms with E-state index in [0.717, 1.165) is 23.2 Å². The van der Waals surface area contributed by atoms with Gasteiger partial charge in [0.25, 0.3) is 11.8 Å². The number of benzene rings is 2. The van der Waals surface area contributed by atoms with Gasteiger partial charge in [0.2, 0.25) is 5.13 Å². The predicted molar refractivity (Wildman–Crippen MR) is 127 cm³/mol. The number of carboxylic acids is 1. The topological polar surface area (TPSA) is 130 Å². The maximum absolute atomic E-state index is 14.8. The second-order valence-electron chi connectivity index (χ2n) is 7.27. The van der Waals surface area contributed by atoms with Gasteiger partial charge in [-0.25, -0.2) is 4.39 Å². The van der Waals surface area contributed by atoms with Crippen molar-refractivity contribution < 1.29 is 33.7 Å². The molecule has 0 saturated carbocycles. The Bertz CT molecular complexity index is 1280. The van der Waals surface area contributed by atoms with Crippen LogP contribution < -0.4 is 9.64 Å².